The summed E-state index contributed by atoms with van der Waals surface area (Å²) in [4.78, 5) is 5.63. The molecule has 2 nitrogen and oxygen atoms in total. The SMILES string of the molecule is CC[SiH2]C=CCC(N1CCCCCC1)N1CCCCCC1. The average Bonchev–Trinajstić information content (AvgIpc) is 2.92. The zero-order valence-corrected chi connectivity index (χ0v) is 15.6. The third kappa shape index (κ3) is 6.25. The van der Waals surface area contributed by atoms with Crippen LogP contribution >= 0.6 is 0 Å². The Morgan fingerprint density at radius 1 is 0.810 bits per heavy atom. The number of hydrogen-bond donors (Lipinski definition) is 0. The highest BCUT2D eigenvalue weighted by Crippen LogP contribution is 2.21. The molecule has 0 N–H and O–H groups in total. The van der Waals surface area contributed by atoms with E-state index in [9.17, 15) is 0 Å². The van der Waals surface area contributed by atoms with Gasteiger partial charge in [0.15, 0.2) is 0 Å². The Kier molecular flexibility index (Phi) is 8.68. The molecule has 2 aliphatic heterocycles. The lowest BCUT2D eigenvalue weighted by Crippen LogP contribution is -2.49. The van der Waals surface area contributed by atoms with Crippen LogP contribution in [0.2, 0.25) is 6.04 Å². The van der Waals surface area contributed by atoms with Crippen molar-refractivity contribution in [2.75, 3.05) is 26.2 Å². The van der Waals surface area contributed by atoms with Gasteiger partial charge in [0.25, 0.3) is 0 Å². The Morgan fingerprint density at radius 3 is 1.71 bits per heavy atom. The zero-order chi connectivity index (χ0) is 14.8. The minimum absolute atomic E-state index is 0.0907. The molecule has 0 aromatic heterocycles. The molecule has 0 radical (unpaired) electrons. The normalized spacial score (nSPS) is 24.1. The molecular formula is C18H36N2Si. The molecule has 0 saturated carbocycles. The molecule has 122 valence electrons. The van der Waals surface area contributed by atoms with Crippen LogP contribution in [0.15, 0.2) is 11.8 Å². The molecule has 2 fully saturated rings. The summed E-state index contributed by atoms with van der Waals surface area (Å²) in [6, 6.07) is 1.41. The number of rotatable bonds is 6. The molecular weight excluding hydrogens is 272 g/mol. The van der Waals surface area contributed by atoms with Crippen molar-refractivity contribution in [2.45, 2.75) is 76.9 Å². The van der Waals surface area contributed by atoms with Crippen molar-refractivity contribution in [1.82, 2.24) is 9.80 Å². The van der Waals surface area contributed by atoms with Gasteiger partial charge in [0.05, 0.1) is 6.17 Å². The summed E-state index contributed by atoms with van der Waals surface area (Å²) in [7, 11) is 0.0907. The Hall–Kier alpha value is -0.123. The van der Waals surface area contributed by atoms with Crippen LogP contribution < -0.4 is 0 Å². The van der Waals surface area contributed by atoms with Gasteiger partial charge in [0, 0.05) is 9.52 Å². The predicted molar refractivity (Wildman–Crippen MR) is 96.7 cm³/mol. The Labute approximate surface area is 134 Å². The quantitative estimate of drug-likeness (QED) is 0.692. The highest BCUT2D eigenvalue weighted by molar-refractivity contribution is 6.41. The lowest BCUT2D eigenvalue weighted by atomic mass is 10.2. The molecule has 0 spiro atoms. The number of likely N-dealkylation sites (tertiary alicyclic amines) is 2. The standard InChI is InChI=1S/C18H36N2Si/c1-2-21-17-11-12-18(19-13-7-3-4-8-14-19)20-15-9-5-6-10-16-20/h11,17-18H,2-10,12-16,21H2,1H3. The van der Waals surface area contributed by atoms with E-state index < -0.39 is 0 Å². The third-order valence-corrected chi connectivity index (χ3v) is 6.34. The van der Waals surface area contributed by atoms with Gasteiger partial charge in [-0.25, -0.2) is 0 Å². The van der Waals surface area contributed by atoms with E-state index in [1.807, 2.05) is 0 Å². The van der Waals surface area contributed by atoms with E-state index in [4.69, 9.17) is 0 Å². The molecule has 2 rings (SSSR count). The fraction of sp³-hybridized carbons (Fsp3) is 0.889. The van der Waals surface area contributed by atoms with Gasteiger partial charge < -0.3 is 0 Å². The maximum absolute atomic E-state index is 2.82. The first-order chi connectivity index (χ1) is 10.4. The van der Waals surface area contributed by atoms with Gasteiger partial charge in [-0.15, -0.1) is 5.70 Å². The highest BCUT2D eigenvalue weighted by atomic mass is 28.2. The van der Waals surface area contributed by atoms with Crippen molar-refractivity contribution in [1.29, 1.82) is 0 Å². The third-order valence-electron chi connectivity index (χ3n) is 5.09. The van der Waals surface area contributed by atoms with E-state index in [0.717, 1.165) is 0 Å². The van der Waals surface area contributed by atoms with Crippen LogP contribution in [0.4, 0.5) is 0 Å². The van der Waals surface area contributed by atoms with Crippen LogP contribution in [0.1, 0.15) is 64.7 Å². The van der Waals surface area contributed by atoms with Gasteiger partial charge in [0.2, 0.25) is 0 Å². The molecule has 0 amide bonds. The predicted octanol–water partition coefficient (Wildman–Crippen LogP) is 3.58. The van der Waals surface area contributed by atoms with Gasteiger partial charge in [-0.1, -0.05) is 44.7 Å². The molecule has 0 atom stereocenters. The lowest BCUT2D eigenvalue weighted by Gasteiger charge is -2.38. The summed E-state index contributed by atoms with van der Waals surface area (Å²) in [5.41, 5.74) is 2.54. The molecule has 2 heterocycles. The van der Waals surface area contributed by atoms with Gasteiger partial charge in [-0.05, 0) is 58.3 Å². The summed E-state index contributed by atoms with van der Waals surface area (Å²) < 4.78 is 0. The summed E-state index contributed by atoms with van der Waals surface area (Å²) in [6.45, 7) is 7.67. The molecule has 2 saturated heterocycles. The summed E-state index contributed by atoms with van der Waals surface area (Å²) in [5.74, 6) is 0. The first kappa shape index (κ1) is 17.2. The molecule has 0 aromatic rings. The second-order valence-corrected chi connectivity index (χ2v) is 8.93. The van der Waals surface area contributed by atoms with Crippen LogP contribution in [-0.4, -0.2) is 51.7 Å². The number of hydrogen-bond acceptors (Lipinski definition) is 2. The molecule has 0 bridgehead atoms. The number of nitrogens with zero attached hydrogens (tertiary/aromatic N) is 2. The van der Waals surface area contributed by atoms with Crippen molar-refractivity contribution < 1.29 is 0 Å². The van der Waals surface area contributed by atoms with Crippen molar-refractivity contribution >= 4 is 9.52 Å². The average molecular weight is 309 g/mol. The molecule has 3 heteroatoms. The molecule has 0 aromatic carbocycles. The van der Waals surface area contributed by atoms with Crippen molar-refractivity contribution in [3.05, 3.63) is 11.8 Å². The largest absolute Gasteiger partial charge is 0.288 e. The summed E-state index contributed by atoms with van der Waals surface area (Å²) >= 11 is 0. The van der Waals surface area contributed by atoms with Crippen LogP contribution in [0.5, 0.6) is 0 Å². The van der Waals surface area contributed by atoms with E-state index in [2.05, 4.69) is 28.5 Å². The monoisotopic (exact) mass is 308 g/mol. The first-order valence-corrected chi connectivity index (χ1v) is 11.4. The minimum atomic E-state index is 0.0907. The minimum Gasteiger partial charge on any atom is -0.288 e. The van der Waals surface area contributed by atoms with E-state index in [-0.39, 0.29) is 9.52 Å². The maximum Gasteiger partial charge on any atom is 0.0657 e. The van der Waals surface area contributed by atoms with E-state index in [1.165, 1.54) is 90.0 Å². The molecule has 0 unspecified atom stereocenters. The second-order valence-electron chi connectivity index (χ2n) is 6.88. The van der Waals surface area contributed by atoms with Gasteiger partial charge in [0.1, 0.15) is 0 Å². The van der Waals surface area contributed by atoms with Gasteiger partial charge >= 0.3 is 0 Å². The van der Waals surface area contributed by atoms with Crippen LogP contribution in [0, 0.1) is 0 Å². The van der Waals surface area contributed by atoms with Gasteiger partial charge in [-0.3, -0.25) is 9.80 Å². The first-order valence-electron chi connectivity index (χ1n) is 9.55. The van der Waals surface area contributed by atoms with E-state index >= 15 is 0 Å². The smallest absolute Gasteiger partial charge is 0.0657 e. The Balaban J connectivity index is 1.96. The van der Waals surface area contributed by atoms with Crippen molar-refractivity contribution in [3.8, 4) is 0 Å². The maximum atomic E-state index is 2.82. The second kappa shape index (κ2) is 10.6. The van der Waals surface area contributed by atoms with Crippen LogP contribution in [0.25, 0.3) is 0 Å². The van der Waals surface area contributed by atoms with Crippen molar-refractivity contribution in [2.24, 2.45) is 0 Å². The van der Waals surface area contributed by atoms with Crippen molar-refractivity contribution in [3.63, 3.8) is 0 Å². The fourth-order valence-corrected chi connectivity index (χ4v) is 4.58. The zero-order valence-electron chi connectivity index (χ0n) is 14.2. The lowest BCUT2D eigenvalue weighted by molar-refractivity contribution is 0.0482. The Bertz CT molecular complexity index is 257. The Morgan fingerprint density at radius 2 is 1.29 bits per heavy atom. The van der Waals surface area contributed by atoms with Crippen LogP contribution in [-0.2, 0) is 0 Å². The van der Waals surface area contributed by atoms with E-state index in [1.54, 1.807) is 0 Å². The topological polar surface area (TPSA) is 6.48 Å². The highest BCUT2D eigenvalue weighted by Gasteiger charge is 2.25. The molecule has 0 aliphatic carbocycles. The van der Waals surface area contributed by atoms with E-state index in [0.29, 0.717) is 6.17 Å². The summed E-state index contributed by atoms with van der Waals surface area (Å²) in [6.07, 6.45) is 15.9. The van der Waals surface area contributed by atoms with Gasteiger partial charge in [-0.2, -0.15) is 0 Å². The molecule has 21 heavy (non-hydrogen) atoms. The van der Waals surface area contributed by atoms with Crippen LogP contribution in [0.3, 0.4) is 0 Å². The summed E-state index contributed by atoms with van der Waals surface area (Å²) in [5, 5.41) is 0. The fourth-order valence-electron chi connectivity index (χ4n) is 3.82. The molecule has 2 aliphatic rings.